The summed E-state index contributed by atoms with van der Waals surface area (Å²) in [5.41, 5.74) is -0.757. The van der Waals surface area contributed by atoms with Crippen molar-refractivity contribution in [2.24, 2.45) is 0 Å². The van der Waals surface area contributed by atoms with Crippen LogP contribution in [0.5, 0.6) is 0 Å². The van der Waals surface area contributed by atoms with Crippen molar-refractivity contribution in [1.29, 1.82) is 0 Å². The summed E-state index contributed by atoms with van der Waals surface area (Å²) in [5, 5.41) is 10.0. The summed E-state index contributed by atoms with van der Waals surface area (Å²) in [4.78, 5) is 29.9. The predicted molar refractivity (Wildman–Crippen MR) is 69.6 cm³/mol. The van der Waals surface area contributed by atoms with Crippen LogP contribution in [0.3, 0.4) is 0 Å². The maximum Gasteiger partial charge on any atom is 0.325 e. The number of amides is 3. The molecule has 1 atom stereocenters. The van der Waals surface area contributed by atoms with Crippen molar-refractivity contribution in [2.45, 2.75) is 38.4 Å². The lowest BCUT2D eigenvalue weighted by atomic mass is 9.99. The number of carbonyl (C=O) groups excluding carboxylic acids is 2. The second kappa shape index (κ2) is 4.86. The van der Waals surface area contributed by atoms with Crippen LogP contribution in [0, 0.1) is 0 Å². The Morgan fingerprint density at radius 2 is 2.30 bits per heavy atom. The van der Waals surface area contributed by atoms with Crippen LogP contribution in [0.2, 0.25) is 0 Å². The molecule has 2 aliphatic rings. The molecule has 108 valence electrons. The van der Waals surface area contributed by atoms with Crippen LogP contribution in [0.25, 0.3) is 0 Å². The molecular weight excluding hydrogens is 260 g/mol. The molecule has 2 saturated heterocycles. The Hall–Kier alpha value is -1.96. The number of hydrogen-bond donors (Lipinski definition) is 2. The quantitative estimate of drug-likeness (QED) is 0.723. The van der Waals surface area contributed by atoms with Crippen molar-refractivity contribution >= 4 is 11.9 Å². The minimum atomic E-state index is -0.757. The molecule has 1 spiro atoms. The van der Waals surface area contributed by atoms with Crippen molar-refractivity contribution in [1.82, 2.24) is 30.3 Å². The molecule has 1 unspecified atom stereocenters. The Morgan fingerprint density at radius 1 is 1.45 bits per heavy atom. The van der Waals surface area contributed by atoms with E-state index in [9.17, 15) is 9.59 Å². The van der Waals surface area contributed by atoms with Crippen LogP contribution < -0.4 is 10.6 Å². The van der Waals surface area contributed by atoms with Crippen LogP contribution >= 0.6 is 0 Å². The minimum absolute atomic E-state index is 0.168. The van der Waals surface area contributed by atoms with Crippen LogP contribution in [0.15, 0.2) is 6.33 Å². The molecule has 3 heterocycles. The summed E-state index contributed by atoms with van der Waals surface area (Å²) in [6.07, 6.45) is 3.01. The molecule has 8 nitrogen and oxygen atoms in total. The monoisotopic (exact) mass is 278 g/mol. The van der Waals surface area contributed by atoms with Gasteiger partial charge >= 0.3 is 6.03 Å². The van der Waals surface area contributed by atoms with Crippen LogP contribution in [-0.4, -0.2) is 50.2 Å². The smallest absolute Gasteiger partial charge is 0.322 e. The van der Waals surface area contributed by atoms with Gasteiger partial charge < -0.3 is 10.6 Å². The van der Waals surface area contributed by atoms with E-state index in [-0.39, 0.29) is 18.5 Å². The zero-order valence-corrected chi connectivity index (χ0v) is 11.4. The summed E-state index contributed by atoms with van der Waals surface area (Å²) in [6.45, 7) is 4.18. The summed E-state index contributed by atoms with van der Waals surface area (Å²) in [7, 11) is 0. The molecule has 2 aliphatic heterocycles. The van der Waals surface area contributed by atoms with Gasteiger partial charge in [-0.1, -0.05) is 6.92 Å². The molecule has 0 radical (unpaired) electrons. The first-order chi connectivity index (χ1) is 9.66. The van der Waals surface area contributed by atoms with E-state index < -0.39 is 5.54 Å². The first-order valence-corrected chi connectivity index (χ1v) is 6.88. The number of rotatable bonds is 4. The molecular formula is C12H18N6O2. The van der Waals surface area contributed by atoms with Crippen molar-refractivity contribution in [3.63, 3.8) is 0 Å². The van der Waals surface area contributed by atoms with Gasteiger partial charge in [-0.15, -0.1) is 0 Å². The van der Waals surface area contributed by atoms with Gasteiger partial charge in [0.25, 0.3) is 5.91 Å². The summed E-state index contributed by atoms with van der Waals surface area (Å²) >= 11 is 0. The van der Waals surface area contributed by atoms with Crippen molar-refractivity contribution < 1.29 is 9.59 Å². The minimum Gasteiger partial charge on any atom is -0.322 e. The molecule has 0 aliphatic carbocycles. The Morgan fingerprint density at radius 3 is 3.00 bits per heavy atom. The van der Waals surface area contributed by atoms with E-state index in [4.69, 9.17) is 0 Å². The lowest BCUT2D eigenvalue weighted by Crippen LogP contribution is -2.48. The van der Waals surface area contributed by atoms with E-state index in [2.05, 4.69) is 20.7 Å². The maximum atomic E-state index is 12.5. The number of carbonyl (C=O) groups is 2. The number of nitrogens with one attached hydrogen (secondary N) is 2. The highest BCUT2D eigenvalue weighted by Gasteiger charge is 2.52. The highest BCUT2D eigenvalue weighted by molar-refractivity contribution is 6.07. The van der Waals surface area contributed by atoms with E-state index in [1.807, 2.05) is 6.92 Å². The van der Waals surface area contributed by atoms with Gasteiger partial charge in [0, 0.05) is 13.1 Å². The zero-order valence-electron chi connectivity index (χ0n) is 11.4. The fourth-order valence-electron chi connectivity index (χ4n) is 2.75. The molecule has 1 aromatic rings. The average Bonchev–Trinajstić information content (AvgIpc) is 3.10. The molecule has 0 bridgehead atoms. The SMILES string of the molecule is CCCn1ncnc1CN1C(=O)NC2(CCNC2)C1=O. The first kappa shape index (κ1) is 13.0. The number of aryl methyl sites for hydroxylation is 1. The second-order valence-electron chi connectivity index (χ2n) is 5.23. The van der Waals surface area contributed by atoms with Gasteiger partial charge in [-0.25, -0.2) is 14.5 Å². The Balaban J connectivity index is 1.79. The number of imide groups is 1. The average molecular weight is 278 g/mol. The van der Waals surface area contributed by atoms with Crippen LogP contribution in [-0.2, 0) is 17.9 Å². The fraction of sp³-hybridized carbons (Fsp3) is 0.667. The largest absolute Gasteiger partial charge is 0.325 e. The Kier molecular flexibility index (Phi) is 3.17. The van der Waals surface area contributed by atoms with E-state index >= 15 is 0 Å². The Labute approximate surface area is 116 Å². The summed E-state index contributed by atoms with van der Waals surface area (Å²) < 4.78 is 1.73. The predicted octanol–water partition coefficient (Wildman–Crippen LogP) is -0.528. The summed E-state index contributed by atoms with van der Waals surface area (Å²) in [5.74, 6) is 0.469. The molecule has 0 saturated carbocycles. The fourth-order valence-corrected chi connectivity index (χ4v) is 2.75. The maximum absolute atomic E-state index is 12.5. The van der Waals surface area contributed by atoms with Gasteiger partial charge in [0.2, 0.25) is 0 Å². The lowest BCUT2D eigenvalue weighted by molar-refractivity contribution is -0.131. The molecule has 3 rings (SSSR count). The standard InChI is InChI=1S/C12H18N6O2/c1-2-5-18-9(14-8-15-18)6-17-10(19)12(16-11(17)20)3-4-13-7-12/h8,13H,2-7H2,1H3,(H,16,20). The number of hydrogen-bond acceptors (Lipinski definition) is 5. The normalized spacial score (nSPS) is 25.8. The highest BCUT2D eigenvalue weighted by Crippen LogP contribution is 2.25. The van der Waals surface area contributed by atoms with Crippen LogP contribution in [0.4, 0.5) is 4.79 Å². The highest BCUT2D eigenvalue weighted by atomic mass is 16.2. The van der Waals surface area contributed by atoms with E-state index in [0.29, 0.717) is 18.8 Å². The molecule has 3 amide bonds. The number of nitrogens with zero attached hydrogens (tertiary/aromatic N) is 4. The number of aromatic nitrogens is 3. The zero-order chi connectivity index (χ0) is 14.2. The first-order valence-electron chi connectivity index (χ1n) is 6.88. The van der Waals surface area contributed by atoms with Gasteiger partial charge in [-0.3, -0.25) is 9.69 Å². The molecule has 0 aromatic carbocycles. The van der Waals surface area contributed by atoms with E-state index in [1.165, 1.54) is 11.2 Å². The Bertz CT molecular complexity index is 534. The summed E-state index contributed by atoms with van der Waals surface area (Å²) in [6, 6.07) is -0.343. The van der Waals surface area contributed by atoms with Gasteiger partial charge in [0.05, 0.1) is 6.54 Å². The molecule has 2 N–H and O–H groups in total. The van der Waals surface area contributed by atoms with Crippen molar-refractivity contribution in [2.75, 3.05) is 13.1 Å². The molecule has 20 heavy (non-hydrogen) atoms. The van der Waals surface area contributed by atoms with Gasteiger partial charge in [0.1, 0.15) is 17.7 Å². The third kappa shape index (κ3) is 1.96. The van der Waals surface area contributed by atoms with Gasteiger partial charge in [-0.05, 0) is 19.4 Å². The van der Waals surface area contributed by atoms with E-state index in [0.717, 1.165) is 19.5 Å². The van der Waals surface area contributed by atoms with Crippen molar-refractivity contribution in [3.05, 3.63) is 12.2 Å². The molecule has 2 fully saturated rings. The van der Waals surface area contributed by atoms with Gasteiger partial charge in [-0.2, -0.15) is 5.10 Å². The van der Waals surface area contributed by atoms with Gasteiger partial charge in [0.15, 0.2) is 0 Å². The second-order valence-corrected chi connectivity index (χ2v) is 5.23. The molecule has 1 aromatic heterocycles. The van der Waals surface area contributed by atoms with Crippen LogP contribution in [0.1, 0.15) is 25.6 Å². The molecule has 8 heteroatoms. The van der Waals surface area contributed by atoms with E-state index in [1.54, 1.807) is 4.68 Å². The van der Waals surface area contributed by atoms with Crippen molar-refractivity contribution in [3.8, 4) is 0 Å². The lowest BCUT2D eigenvalue weighted by Gasteiger charge is -2.19. The number of urea groups is 1. The third-order valence-electron chi connectivity index (χ3n) is 3.83. The third-order valence-corrected chi connectivity index (χ3v) is 3.83. The topological polar surface area (TPSA) is 92.2 Å².